The van der Waals surface area contributed by atoms with Crippen molar-refractivity contribution in [3.05, 3.63) is 0 Å². The van der Waals surface area contributed by atoms with Gasteiger partial charge in [0.05, 0.1) is 0 Å². The number of unbranched alkanes of at least 4 members (excludes halogenated alkanes) is 5. The van der Waals surface area contributed by atoms with E-state index < -0.39 is 0 Å². The summed E-state index contributed by atoms with van der Waals surface area (Å²) in [5.74, 6) is 0. The van der Waals surface area contributed by atoms with Crippen molar-refractivity contribution in [3.63, 3.8) is 0 Å². The van der Waals surface area contributed by atoms with Gasteiger partial charge in [0.2, 0.25) is 0 Å². The summed E-state index contributed by atoms with van der Waals surface area (Å²) >= 11 is 0. The topological polar surface area (TPSA) is 34.1 Å². The van der Waals surface area contributed by atoms with Gasteiger partial charge in [0.1, 0.15) is 12.6 Å². The average Bonchev–Trinajstić information content (AvgIpc) is 1.97. The Kier molecular flexibility index (Phi) is 7.79. The van der Waals surface area contributed by atoms with Crippen LogP contribution in [0.25, 0.3) is 0 Å². The Labute approximate surface area is 61.6 Å². The monoisotopic (exact) mass is 142 g/mol. The van der Waals surface area contributed by atoms with Crippen molar-refractivity contribution in [1.82, 2.24) is 0 Å². The highest BCUT2D eigenvalue weighted by molar-refractivity contribution is 5.49. The second-order valence-corrected chi connectivity index (χ2v) is 2.32. The Bertz CT molecular complexity index is 77.3. The lowest BCUT2D eigenvalue weighted by Gasteiger charge is -1.93. The van der Waals surface area contributed by atoms with Gasteiger partial charge < -0.3 is 9.59 Å². The largest absolute Gasteiger partial charge is 0.303 e. The highest BCUT2D eigenvalue weighted by atomic mass is 16.1. The molecule has 0 aromatic rings. The minimum absolute atomic E-state index is 0.668. The molecule has 0 unspecified atom stereocenters. The third-order valence-corrected chi connectivity index (χ3v) is 1.39. The maximum absolute atomic E-state index is 9.84. The van der Waals surface area contributed by atoms with E-state index in [0.717, 1.165) is 38.3 Å². The predicted molar refractivity (Wildman–Crippen MR) is 39.8 cm³/mol. The second kappa shape index (κ2) is 8.34. The fourth-order valence-corrected chi connectivity index (χ4v) is 0.809. The van der Waals surface area contributed by atoms with E-state index in [9.17, 15) is 9.59 Å². The van der Waals surface area contributed by atoms with Gasteiger partial charge in [-0.2, -0.15) is 0 Å². The molecule has 0 radical (unpaired) electrons. The number of rotatable bonds is 7. The number of aldehydes is 2. The molecular weight excluding hydrogens is 128 g/mol. The number of carbonyl (C=O) groups excluding carboxylic acids is 2. The van der Waals surface area contributed by atoms with E-state index in [4.69, 9.17) is 0 Å². The van der Waals surface area contributed by atoms with Crippen molar-refractivity contribution in [1.29, 1.82) is 0 Å². The van der Waals surface area contributed by atoms with E-state index in [1.54, 1.807) is 0 Å². The highest BCUT2D eigenvalue weighted by Crippen LogP contribution is 2.02. The van der Waals surface area contributed by atoms with Crippen LogP contribution < -0.4 is 0 Å². The normalized spacial score (nSPS) is 9.20. The zero-order valence-electron chi connectivity index (χ0n) is 6.21. The van der Waals surface area contributed by atoms with E-state index in [2.05, 4.69) is 0 Å². The molecule has 0 atom stereocenters. The first kappa shape index (κ1) is 9.34. The van der Waals surface area contributed by atoms with Crippen LogP contribution in [0, 0.1) is 0 Å². The summed E-state index contributed by atoms with van der Waals surface area (Å²) < 4.78 is 0. The summed E-state index contributed by atoms with van der Waals surface area (Å²) in [5.41, 5.74) is 0. The van der Waals surface area contributed by atoms with Crippen LogP contribution in [-0.2, 0) is 9.59 Å². The highest BCUT2D eigenvalue weighted by Gasteiger charge is 1.87. The Morgan fingerprint density at radius 1 is 0.700 bits per heavy atom. The fraction of sp³-hybridized carbons (Fsp3) is 0.750. The summed E-state index contributed by atoms with van der Waals surface area (Å²) in [6, 6.07) is 0. The van der Waals surface area contributed by atoms with Crippen molar-refractivity contribution in [2.75, 3.05) is 0 Å². The Morgan fingerprint density at radius 2 is 1.10 bits per heavy atom. The van der Waals surface area contributed by atoms with E-state index >= 15 is 0 Å². The van der Waals surface area contributed by atoms with Crippen LogP contribution in [-0.4, -0.2) is 12.6 Å². The van der Waals surface area contributed by atoms with Crippen LogP contribution in [0.5, 0.6) is 0 Å². The smallest absolute Gasteiger partial charge is 0.119 e. The molecule has 2 nitrogen and oxygen atoms in total. The maximum atomic E-state index is 9.84. The molecule has 0 N–H and O–H groups in total. The number of hydrogen-bond donors (Lipinski definition) is 0. The molecule has 0 aliphatic rings. The molecule has 0 saturated carbocycles. The van der Waals surface area contributed by atoms with Crippen LogP contribution >= 0.6 is 0 Å². The molecule has 10 heavy (non-hydrogen) atoms. The molecule has 2 heteroatoms. The molecule has 0 spiro atoms. The molecule has 0 aliphatic carbocycles. The third-order valence-electron chi connectivity index (χ3n) is 1.39. The molecule has 0 aromatic carbocycles. The van der Waals surface area contributed by atoms with Crippen LogP contribution in [0.2, 0.25) is 0 Å². The van der Waals surface area contributed by atoms with Gasteiger partial charge in [0.15, 0.2) is 0 Å². The summed E-state index contributed by atoms with van der Waals surface area (Å²) in [5, 5.41) is 0. The van der Waals surface area contributed by atoms with Crippen molar-refractivity contribution in [2.24, 2.45) is 0 Å². The van der Waals surface area contributed by atoms with Crippen LogP contribution in [0.3, 0.4) is 0 Å². The second-order valence-electron chi connectivity index (χ2n) is 2.32. The Balaban J connectivity index is 2.76. The van der Waals surface area contributed by atoms with Crippen molar-refractivity contribution in [2.45, 2.75) is 38.5 Å². The summed E-state index contributed by atoms with van der Waals surface area (Å²) in [7, 11) is 0. The van der Waals surface area contributed by atoms with Crippen molar-refractivity contribution >= 4 is 12.6 Å². The Hall–Kier alpha value is -0.660. The zero-order chi connectivity index (χ0) is 7.66. The average molecular weight is 142 g/mol. The molecule has 0 aliphatic heterocycles. The molecule has 0 fully saturated rings. The standard InChI is InChI=1S/C8H14O2/c9-7-5-3-1-2-4-6-8-10/h7-8H,1-6H2. The lowest BCUT2D eigenvalue weighted by molar-refractivity contribution is -0.108. The van der Waals surface area contributed by atoms with E-state index in [0.29, 0.717) is 12.8 Å². The SMILES string of the molecule is O=CCCCCCCC=O. The van der Waals surface area contributed by atoms with E-state index in [1.165, 1.54) is 0 Å². The minimum Gasteiger partial charge on any atom is -0.303 e. The Morgan fingerprint density at radius 3 is 1.40 bits per heavy atom. The lowest BCUT2D eigenvalue weighted by atomic mass is 10.1. The van der Waals surface area contributed by atoms with E-state index in [1.807, 2.05) is 0 Å². The molecular formula is C8H14O2. The molecule has 0 heterocycles. The lowest BCUT2D eigenvalue weighted by Crippen LogP contribution is -1.80. The maximum Gasteiger partial charge on any atom is 0.119 e. The summed E-state index contributed by atoms with van der Waals surface area (Å²) in [6.07, 6.45) is 7.32. The number of carbonyl (C=O) groups is 2. The number of hydrogen-bond acceptors (Lipinski definition) is 2. The minimum atomic E-state index is 0.668. The fourth-order valence-electron chi connectivity index (χ4n) is 0.809. The third kappa shape index (κ3) is 7.34. The molecule has 58 valence electrons. The van der Waals surface area contributed by atoms with Gasteiger partial charge in [0.25, 0.3) is 0 Å². The van der Waals surface area contributed by atoms with Gasteiger partial charge in [0, 0.05) is 12.8 Å². The molecule has 0 saturated heterocycles. The summed E-state index contributed by atoms with van der Waals surface area (Å²) in [4.78, 5) is 19.7. The van der Waals surface area contributed by atoms with Gasteiger partial charge in [-0.25, -0.2) is 0 Å². The zero-order valence-corrected chi connectivity index (χ0v) is 6.21. The molecule has 0 amide bonds. The van der Waals surface area contributed by atoms with Crippen molar-refractivity contribution in [3.8, 4) is 0 Å². The van der Waals surface area contributed by atoms with E-state index in [-0.39, 0.29) is 0 Å². The van der Waals surface area contributed by atoms with Crippen LogP contribution in [0.1, 0.15) is 38.5 Å². The van der Waals surface area contributed by atoms with Gasteiger partial charge >= 0.3 is 0 Å². The van der Waals surface area contributed by atoms with Gasteiger partial charge in [-0.3, -0.25) is 0 Å². The first-order valence-electron chi connectivity index (χ1n) is 3.79. The molecule has 0 bridgehead atoms. The first-order valence-corrected chi connectivity index (χ1v) is 3.79. The van der Waals surface area contributed by atoms with Crippen molar-refractivity contribution < 1.29 is 9.59 Å². The van der Waals surface area contributed by atoms with Crippen LogP contribution in [0.4, 0.5) is 0 Å². The quantitative estimate of drug-likeness (QED) is 0.400. The van der Waals surface area contributed by atoms with Gasteiger partial charge in [-0.05, 0) is 12.8 Å². The predicted octanol–water partition coefficient (Wildman–Crippen LogP) is 1.72. The van der Waals surface area contributed by atoms with Gasteiger partial charge in [-0.15, -0.1) is 0 Å². The van der Waals surface area contributed by atoms with Crippen LogP contribution in [0.15, 0.2) is 0 Å². The van der Waals surface area contributed by atoms with Gasteiger partial charge in [-0.1, -0.05) is 12.8 Å². The molecule has 0 aromatic heterocycles. The summed E-state index contributed by atoms with van der Waals surface area (Å²) in [6.45, 7) is 0. The molecule has 0 rings (SSSR count). The first-order chi connectivity index (χ1) is 4.91.